The van der Waals surface area contributed by atoms with Gasteiger partial charge in [-0.1, -0.05) is 23.5 Å². The molecule has 0 aliphatic rings. The van der Waals surface area contributed by atoms with E-state index in [-0.39, 0.29) is 24.9 Å². The van der Waals surface area contributed by atoms with Gasteiger partial charge in [-0.3, -0.25) is 9.69 Å². The summed E-state index contributed by atoms with van der Waals surface area (Å²) in [6.07, 6.45) is 0.853. The van der Waals surface area contributed by atoms with Crippen molar-refractivity contribution in [1.82, 2.24) is 9.88 Å². The minimum absolute atomic E-state index is 0. The van der Waals surface area contributed by atoms with Gasteiger partial charge in [0.1, 0.15) is 11.5 Å². The van der Waals surface area contributed by atoms with Gasteiger partial charge in [0, 0.05) is 12.6 Å². The first-order valence-corrected chi connectivity index (χ1v) is 10.8. The Morgan fingerprint density at radius 1 is 1.10 bits per heavy atom. The lowest BCUT2D eigenvalue weighted by atomic mass is 10.1. The molecule has 1 amide bonds. The summed E-state index contributed by atoms with van der Waals surface area (Å²) in [5.74, 6) is 1.19. The van der Waals surface area contributed by atoms with E-state index in [0.29, 0.717) is 18.0 Å². The SMILES string of the molecule is COc1cccc(OCC(=O)N(CCCN(C)C)c2nc3cc(C)cc(C)c3s2)c1.Cl. The Hall–Kier alpha value is -2.35. The molecule has 0 aliphatic heterocycles. The van der Waals surface area contributed by atoms with Crippen molar-refractivity contribution in [1.29, 1.82) is 0 Å². The van der Waals surface area contributed by atoms with Crippen molar-refractivity contribution in [2.75, 3.05) is 45.8 Å². The molecule has 168 valence electrons. The number of halogens is 1. The predicted molar refractivity (Wildman–Crippen MR) is 130 cm³/mol. The van der Waals surface area contributed by atoms with Crippen LogP contribution in [0, 0.1) is 13.8 Å². The number of amides is 1. The summed E-state index contributed by atoms with van der Waals surface area (Å²) in [7, 11) is 5.66. The van der Waals surface area contributed by atoms with E-state index in [0.717, 1.165) is 28.3 Å². The number of anilines is 1. The number of rotatable bonds is 9. The lowest BCUT2D eigenvalue weighted by Crippen LogP contribution is -2.36. The van der Waals surface area contributed by atoms with Gasteiger partial charge in [-0.2, -0.15) is 0 Å². The van der Waals surface area contributed by atoms with Crippen molar-refractivity contribution >= 4 is 45.0 Å². The first-order chi connectivity index (χ1) is 14.4. The van der Waals surface area contributed by atoms with Crippen LogP contribution in [-0.2, 0) is 4.79 Å². The summed E-state index contributed by atoms with van der Waals surface area (Å²) < 4.78 is 12.1. The minimum Gasteiger partial charge on any atom is -0.497 e. The Morgan fingerprint density at radius 3 is 2.55 bits per heavy atom. The summed E-state index contributed by atoms with van der Waals surface area (Å²) in [4.78, 5) is 21.7. The molecule has 0 N–H and O–H groups in total. The molecule has 0 radical (unpaired) electrons. The molecule has 8 heteroatoms. The summed E-state index contributed by atoms with van der Waals surface area (Å²) in [5.41, 5.74) is 3.29. The molecule has 0 saturated carbocycles. The molecule has 31 heavy (non-hydrogen) atoms. The summed E-state index contributed by atoms with van der Waals surface area (Å²) in [5, 5.41) is 0.719. The van der Waals surface area contributed by atoms with Crippen LogP contribution in [0.4, 0.5) is 5.13 Å². The number of thiazole rings is 1. The largest absolute Gasteiger partial charge is 0.497 e. The van der Waals surface area contributed by atoms with Gasteiger partial charge < -0.3 is 14.4 Å². The fourth-order valence-electron chi connectivity index (χ4n) is 3.27. The number of carbonyl (C=O) groups is 1. The highest BCUT2D eigenvalue weighted by molar-refractivity contribution is 7.22. The Morgan fingerprint density at radius 2 is 1.84 bits per heavy atom. The van der Waals surface area contributed by atoms with E-state index in [2.05, 4.69) is 30.9 Å². The number of methoxy groups -OCH3 is 1. The van der Waals surface area contributed by atoms with Crippen LogP contribution in [0.2, 0.25) is 0 Å². The first kappa shape index (κ1) is 24.9. The molecule has 0 fully saturated rings. The van der Waals surface area contributed by atoms with Crippen molar-refractivity contribution in [3.8, 4) is 11.5 Å². The van der Waals surface area contributed by atoms with Crippen LogP contribution in [0.15, 0.2) is 36.4 Å². The van der Waals surface area contributed by atoms with E-state index in [1.807, 2.05) is 32.3 Å². The standard InChI is InChI=1S/C23H29N3O3S.ClH/c1-16-12-17(2)22-20(13-16)24-23(30-22)26(11-7-10-25(3)4)21(27)15-29-19-9-6-8-18(14-19)28-5;/h6,8-9,12-14H,7,10-11,15H2,1-5H3;1H. The van der Waals surface area contributed by atoms with Gasteiger partial charge in [0.25, 0.3) is 5.91 Å². The molecule has 3 rings (SSSR count). The fraction of sp³-hybridized carbons (Fsp3) is 0.391. The number of ether oxygens (including phenoxy) is 2. The molecule has 2 aromatic carbocycles. The predicted octanol–water partition coefficient (Wildman–Crippen LogP) is 4.71. The monoisotopic (exact) mass is 463 g/mol. The summed E-state index contributed by atoms with van der Waals surface area (Å²) >= 11 is 1.56. The topological polar surface area (TPSA) is 54.9 Å². The number of benzene rings is 2. The van der Waals surface area contributed by atoms with E-state index in [1.54, 1.807) is 29.4 Å². The second kappa shape index (κ2) is 11.3. The lowest BCUT2D eigenvalue weighted by Gasteiger charge is -2.21. The van der Waals surface area contributed by atoms with Crippen LogP contribution in [0.1, 0.15) is 17.5 Å². The van der Waals surface area contributed by atoms with Crippen molar-refractivity contribution in [2.45, 2.75) is 20.3 Å². The molecular formula is C23H30ClN3O3S. The summed E-state index contributed by atoms with van der Waals surface area (Å²) in [6, 6.07) is 11.5. The second-order valence-corrected chi connectivity index (χ2v) is 8.57. The molecule has 0 spiro atoms. The fourth-order valence-corrected chi connectivity index (χ4v) is 4.33. The number of carbonyl (C=O) groups excluding carboxylic acids is 1. The van der Waals surface area contributed by atoms with Gasteiger partial charge in [-0.05, 0) is 70.2 Å². The second-order valence-electron chi connectivity index (χ2n) is 7.60. The minimum atomic E-state index is -0.106. The van der Waals surface area contributed by atoms with E-state index in [4.69, 9.17) is 14.5 Å². The average Bonchev–Trinajstić information content (AvgIpc) is 3.13. The Labute approximate surface area is 194 Å². The average molecular weight is 464 g/mol. The number of fused-ring (bicyclic) bond motifs is 1. The van der Waals surface area contributed by atoms with Gasteiger partial charge in [0.2, 0.25) is 0 Å². The molecule has 1 heterocycles. The zero-order chi connectivity index (χ0) is 21.7. The first-order valence-electron chi connectivity index (χ1n) is 9.97. The van der Waals surface area contributed by atoms with Crippen molar-refractivity contribution in [3.63, 3.8) is 0 Å². The van der Waals surface area contributed by atoms with Crippen LogP contribution in [-0.4, -0.2) is 56.7 Å². The van der Waals surface area contributed by atoms with Crippen LogP contribution in [0.3, 0.4) is 0 Å². The highest BCUT2D eigenvalue weighted by Gasteiger charge is 2.21. The van der Waals surface area contributed by atoms with Crippen molar-refractivity contribution < 1.29 is 14.3 Å². The maximum absolute atomic E-state index is 13.1. The molecular weight excluding hydrogens is 434 g/mol. The van der Waals surface area contributed by atoms with Crippen LogP contribution in [0.25, 0.3) is 10.2 Å². The molecule has 1 aromatic heterocycles. The third-order valence-corrected chi connectivity index (χ3v) is 5.96. The molecule has 6 nitrogen and oxygen atoms in total. The molecule has 3 aromatic rings. The molecule has 0 bridgehead atoms. The summed E-state index contributed by atoms with van der Waals surface area (Å²) in [6.45, 7) is 5.58. The van der Waals surface area contributed by atoms with Gasteiger partial charge in [0.15, 0.2) is 11.7 Å². The van der Waals surface area contributed by atoms with E-state index < -0.39 is 0 Å². The number of hydrogen-bond acceptors (Lipinski definition) is 6. The third-order valence-electron chi connectivity index (χ3n) is 4.73. The van der Waals surface area contributed by atoms with Gasteiger partial charge in [0.05, 0.1) is 17.3 Å². The molecule has 0 saturated heterocycles. The molecule has 0 unspecified atom stereocenters. The third kappa shape index (κ3) is 6.56. The Kier molecular flexibility index (Phi) is 9.10. The molecule has 0 atom stereocenters. The number of nitrogens with zero attached hydrogens (tertiary/aromatic N) is 3. The Bertz CT molecular complexity index is 1020. The molecule has 0 aliphatic carbocycles. The smallest absolute Gasteiger partial charge is 0.266 e. The zero-order valence-corrected chi connectivity index (χ0v) is 20.3. The van der Waals surface area contributed by atoms with Gasteiger partial charge >= 0.3 is 0 Å². The van der Waals surface area contributed by atoms with Crippen molar-refractivity contribution in [3.05, 3.63) is 47.5 Å². The van der Waals surface area contributed by atoms with Gasteiger partial charge in [-0.15, -0.1) is 12.4 Å². The van der Waals surface area contributed by atoms with Crippen molar-refractivity contribution in [2.24, 2.45) is 0 Å². The van der Waals surface area contributed by atoms with Crippen LogP contribution in [0.5, 0.6) is 11.5 Å². The zero-order valence-electron chi connectivity index (χ0n) is 18.7. The van der Waals surface area contributed by atoms with E-state index >= 15 is 0 Å². The highest BCUT2D eigenvalue weighted by atomic mass is 35.5. The number of hydrogen-bond donors (Lipinski definition) is 0. The Balaban J connectivity index is 0.00000341. The van der Waals surface area contributed by atoms with Crippen LogP contribution < -0.4 is 14.4 Å². The highest BCUT2D eigenvalue weighted by Crippen LogP contribution is 2.32. The van der Waals surface area contributed by atoms with E-state index in [9.17, 15) is 4.79 Å². The van der Waals surface area contributed by atoms with Crippen LogP contribution >= 0.6 is 23.7 Å². The quantitative estimate of drug-likeness (QED) is 0.460. The lowest BCUT2D eigenvalue weighted by molar-refractivity contribution is -0.120. The number of aryl methyl sites for hydroxylation is 2. The normalized spacial score (nSPS) is 10.8. The van der Waals surface area contributed by atoms with E-state index in [1.165, 1.54) is 11.1 Å². The maximum atomic E-state index is 13.1. The number of aromatic nitrogens is 1. The van der Waals surface area contributed by atoms with Gasteiger partial charge in [-0.25, -0.2) is 4.98 Å². The maximum Gasteiger partial charge on any atom is 0.266 e.